The van der Waals surface area contributed by atoms with E-state index in [1.807, 2.05) is 6.26 Å². The van der Waals surface area contributed by atoms with E-state index in [1.165, 1.54) is 36.2 Å². The van der Waals surface area contributed by atoms with Gasteiger partial charge in [0, 0.05) is 0 Å². The fraction of sp³-hybridized carbons (Fsp3) is 0.615. The van der Waals surface area contributed by atoms with Gasteiger partial charge in [0.1, 0.15) is 46.7 Å². The Labute approximate surface area is 146 Å². The third-order valence-electron chi connectivity index (χ3n) is 3.61. The van der Waals surface area contributed by atoms with E-state index in [0.29, 0.717) is 16.2 Å². The minimum Gasteiger partial charge on any atom is -0.394 e. The molecular weight excluding hydrogens is 356 g/mol. The summed E-state index contributed by atoms with van der Waals surface area (Å²) in [6.45, 7) is -0.729. The van der Waals surface area contributed by atoms with Crippen LogP contribution in [0.5, 0.6) is 0 Å². The molecule has 0 spiro atoms. The number of hydrogen-bond donors (Lipinski definition) is 5. The smallest absolute Gasteiger partial charge is 0.165 e. The number of aliphatic hydroxyl groups excluding tert-OH is 5. The van der Waals surface area contributed by atoms with Gasteiger partial charge in [0.2, 0.25) is 0 Å². The maximum absolute atomic E-state index is 10.4. The molecule has 2 aromatic rings. The normalized spacial score (nSPS) is 18.3. The topological polar surface area (TPSA) is 145 Å². The van der Waals surface area contributed by atoms with Crippen LogP contribution in [0.1, 0.15) is 5.37 Å². The molecule has 24 heavy (non-hydrogen) atoms. The van der Waals surface area contributed by atoms with Gasteiger partial charge < -0.3 is 25.5 Å². The molecule has 5 N–H and O–H groups in total. The zero-order valence-electron chi connectivity index (χ0n) is 13.1. The first-order valence-corrected chi connectivity index (χ1v) is 9.54. The highest BCUT2D eigenvalue weighted by atomic mass is 32.2. The predicted octanol–water partition coefficient (Wildman–Crippen LogP) is -1.15. The zero-order valence-corrected chi connectivity index (χ0v) is 14.7. The number of aromatic nitrogens is 4. The van der Waals surface area contributed by atoms with E-state index in [4.69, 9.17) is 5.11 Å². The summed E-state index contributed by atoms with van der Waals surface area (Å²) in [7, 11) is 0. The molecule has 0 saturated carbocycles. The molecule has 2 heterocycles. The lowest BCUT2D eigenvalue weighted by molar-refractivity contribution is -0.118. The summed E-state index contributed by atoms with van der Waals surface area (Å²) in [5.74, 6) is 0. The van der Waals surface area contributed by atoms with Gasteiger partial charge in [0.05, 0.1) is 12.9 Å². The van der Waals surface area contributed by atoms with Crippen LogP contribution in [0, 0.1) is 0 Å². The minimum absolute atomic E-state index is 0.483. The molecule has 0 aliphatic rings. The third kappa shape index (κ3) is 3.67. The Kier molecular flexibility index (Phi) is 6.80. The number of thioether (sulfide) groups is 2. The number of fused-ring (bicyclic) bond motifs is 1. The van der Waals surface area contributed by atoms with Crippen molar-refractivity contribution in [2.45, 2.75) is 34.8 Å². The highest BCUT2D eigenvalue weighted by Gasteiger charge is 2.36. The quantitative estimate of drug-likeness (QED) is 0.283. The number of imidazole rings is 1. The molecule has 2 rings (SSSR count). The first kappa shape index (κ1) is 19.4. The lowest BCUT2D eigenvalue weighted by Crippen LogP contribution is -2.48. The highest BCUT2D eigenvalue weighted by Crippen LogP contribution is 2.31. The van der Waals surface area contributed by atoms with Gasteiger partial charge in [0.15, 0.2) is 5.65 Å². The molecule has 0 fully saturated rings. The molecule has 5 atom stereocenters. The average molecular weight is 376 g/mol. The molecule has 0 aliphatic carbocycles. The van der Waals surface area contributed by atoms with Crippen LogP contribution in [0.4, 0.5) is 0 Å². The van der Waals surface area contributed by atoms with Gasteiger partial charge >= 0.3 is 0 Å². The van der Waals surface area contributed by atoms with Crippen molar-refractivity contribution in [3.05, 3.63) is 12.7 Å². The first-order valence-electron chi connectivity index (χ1n) is 7.03. The maximum atomic E-state index is 10.4. The summed E-state index contributed by atoms with van der Waals surface area (Å²) in [6, 6.07) is 0. The summed E-state index contributed by atoms with van der Waals surface area (Å²) in [6.07, 6.45) is 0.107. The van der Waals surface area contributed by atoms with E-state index in [-0.39, 0.29) is 0 Å². The van der Waals surface area contributed by atoms with Crippen LogP contribution in [0.2, 0.25) is 0 Å². The summed E-state index contributed by atoms with van der Waals surface area (Å²) < 4.78 is 1.58. The van der Waals surface area contributed by atoms with Crippen molar-refractivity contribution >= 4 is 34.7 Å². The second-order valence-corrected chi connectivity index (χ2v) is 6.80. The van der Waals surface area contributed by atoms with Gasteiger partial charge in [-0.25, -0.2) is 15.0 Å². The standard InChI is InChI=1S/C13H20N4O5S2/c1-23-12-7-11(14-4-15-12)17(5-16-7)13(24-2)10(22)9(21)8(20)6(19)3-18/h4-6,8-10,13,18-22H,3H2,1-2H3/t6-,8-,9+,10-,13+/m1/s1. The van der Waals surface area contributed by atoms with Crippen LogP contribution in [-0.4, -0.2) is 88.6 Å². The van der Waals surface area contributed by atoms with E-state index in [1.54, 1.807) is 10.8 Å². The number of hydrogen-bond acceptors (Lipinski definition) is 10. The van der Waals surface area contributed by atoms with Crippen molar-refractivity contribution in [3.63, 3.8) is 0 Å². The van der Waals surface area contributed by atoms with Gasteiger partial charge in [-0.05, 0) is 12.5 Å². The summed E-state index contributed by atoms with van der Waals surface area (Å²) >= 11 is 2.63. The van der Waals surface area contributed by atoms with Gasteiger partial charge in [-0.15, -0.1) is 23.5 Å². The number of rotatable bonds is 8. The second-order valence-electron chi connectivity index (χ2n) is 5.05. The first-order chi connectivity index (χ1) is 11.5. The van der Waals surface area contributed by atoms with Crippen molar-refractivity contribution in [2.24, 2.45) is 0 Å². The molecule has 0 aliphatic heterocycles. The predicted molar refractivity (Wildman–Crippen MR) is 90.8 cm³/mol. The average Bonchev–Trinajstić information content (AvgIpc) is 3.04. The van der Waals surface area contributed by atoms with Crippen molar-refractivity contribution in [1.82, 2.24) is 19.5 Å². The molecule has 0 radical (unpaired) electrons. The Morgan fingerprint density at radius 3 is 2.33 bits per heavy atom. The monoisotopic (exact) mass is 376 g/mol. The van der Waals surface area contributed by atoms with E-state index < -0.39 is 36.4 Å². The fourth-order valence-electron chi connectivity index (χ4n) is 2.29. The zero-order chi connectivity index (χ0) is 17.9. The Balaban J connectivity index is 2.34. The molecule has 0 unspecified atom stereocenters. The number of nitrogens with zero attached hydrogens (tertiary/aromatic N) is 4. The van der Waals surface area contributed by atoms with Gasteiger partial charge in [-0.3, -0.25) is 4.57 Å². The molecule has 2 aromatic heterocycles. The minimum atomic E-state index is -1.69. The summed E-state index contributed by atoms with van der Waals surface area (Å²) in [5, 5.41) is 48.6. The molecule has 0 bridgehead atoms. The van der Waals surface area contributed by atoms with E-state index in [0.717, 1.165) is 0 Å². The van der Waals surface area contributed by atoms with E-state index >= 15 is 0 Å². The molecule has 11 heteroatoms. The Morgan fingerprint density at radius 2 is 1.75 bits per heavy atom. The van der Waals surface area contributed by atoms with Gasteiger partial charge in [0.25, 0.3) is 0 Å². The molecule has 134 valence electrons. The second kappa shape index (κ2) is 8.43. The summed E-state index contributed by atoms with van der Waals surface area (Å²) in [4.78, 5) is 12.6. The molecular formula is C13H20N4O5S2. The van der Waals surface area contributed by atoms with Crippen molar-refractivity contribution < 1.29 is 25.5 Å². The fourth-order valence-corrected chi connectivity index (χ4v) is 3.60. The van der Waals surface area contributed by atoms with Crippen LogP contribution < -0.4 is 0 Å². The molecule has 0 amide bonds. The van der Waals surface area contributed by atoms with E-state index in [2.05, 4.69) is 15.0 Å². The Bertz CT molecular complexity index is 673. The van der Waals surface area contributed by atoms with Crippen LogP contribution in [0.15, 0.2) is 17.7 Å². The van der Waals surface area contributed by atoms with Crippen molar-refractivity contribution in [1.29, 1.82) is 0 Å². The van der Waals surface area contributed by atoms with E-state index in [9.17, 15) is 20.4 Å². The van der Waals surface area contributed by atoms with Crippen molar-refractivity contribution in [3.8, 4) is 0 Å². The SMILES string of the molecule is CSc1ncnc2c1ncn2[C@@H](SC)[C@H](O)[C@@H](O)[C@H](O)[C@H](O)CO. The van der Waals surface area contributed by atoms with Crippen molar-refractivity contribution in [2.75, 3.05) is 19.1 Å². The van der Waals surface area contributed by atoms with Crippen LogP contribution in [0.3, 0.4) is 0 Å². The molecule has 9 nitrogen and oxygen atoms in total. The van der Waals surface area contributed by atoms with Crippen LogP contribution >= 0.6 is 23.5 Å². The third-order valence-corrected chi connectivity index (χ3v) is 5.28. The lowest BCUT2D eigenvalue weighted by atomic mass is 10.0. The largest absolute Gasteiger partial charge is 0.394 e. The Morgan fingerprint density at radius 1 is 1.04 bits per heavy atom. The lowest BCUT2D eigenvalue weighted by Gasteiger charge is -2.30. The maximum Gasteiger partial charge on any atom is 0.165 e. The Hall–Kier alpha value is -0.950. The van der Waals surface area contributed by atoms with Crippen LogP contribution in [0.25, 0.3) is 11.2 Å². The highest BCUT2D eigenvalue weighted by molar-refractivity contribution is 7.99. The molecule has 0 aromatic carbocycles. The summed E-state index contributed by atoms with van der Waals surface area (Å²) in [5.41, 5.74) is 1.05. The molecule has 0 saturated heterocycles. The van der Waals surface area contributed by atoms with Gasteiger partial charge in [-0.1, -0.05) is 0 Å². The number of aliphatic hydroxyl groups is 5. The van der Waals surface area contributed by atoms with Crippen LogP contribution in [-0.2, 0) is 0 Å². The van der Waals surface area contributed by atoms with Gasteiger partial charge in [-0.2, -0.15) is 0 Å².